The number of aromatic nitrogens is 2. The van der Waals surface area contributed by atoms with Gasteiger partial charge < -0.3 is 10.2 Å². The Morgan fingerprint density at radius 3 is 2.26 bits per heavy atom. The molecule has 2 aromatic heterocycles. The van der Waals surface area contributed by atoms with Crippen LogP contribution in [0.1, 0.15) is 10.4 Å². The van der Waals surface area contributed by atoms with Gasteiger partial charge in [0.1, 0.15) is 17.0 Å². The highest BCUT2D eigenvalue weighted by Gasteiger charge is 2.16. The van der Waals surface area contributed by atoms with Crippen molar-refractivity contribution in [2.75, 3.05) is 24.3 Å². The summed E-state index contributed by atoms with van der Waals surface area (Å²) in [4.78, 5) is 13.4. The minimum Gasteiger partial charge on any atom is -0.378 e. The zero-order chi connectivity index (χ0) is 19.0. The molecule has 2 heterocycles. The lowest BCUT2D eigenvalue weighted by atomic mass is 10.0. The van der Waals surface area contributed by atoms with Crippen LogP contribution in [0.4, 0.5) is 17.2 Å². The van der Waals surface area contributed by atoms with Crippen LogP contribution in [-0.2, 0) is 0 Å². The van der Waals surface area contributed by atoms with Crippen LogP contribution in [0.25, 0.3) is 21.3 Å². The highest BCUT2D eigenvalue weighted by atomic mass is 32.1. The molecule has 0 radical (unpaired) electrons. The number of anilines is 3. The predicted octanol–water partition coefficient (Wildman–Crippen LogP) is 5.78. The van der Waals surface area contributed by atoms with Crippen LogP contribution in [-0.4, -0.2) is 24.1 Å². The van der Waals surface area contributed by atoms with Gasteiger partial charge in [-0.05, 0) is 43.7 Å². The van der Waals surface area contributed by atoms with E-state index in [0.717, 1.165) is 21.7 Å². The van der Waals surface area contributed by atoms with Gasteiger partial charge in [0.2, 0.25) is 0 Å². The van der Waals surface area contributed by atoms with E-state index in [9.17, 15) is 0 Å². The molecule has 2 aromatic carbocycles. The van der Waals surface area contributed by atoms with Gasteiger partial charge in [0.05, 0.1) is 5.39 Å². The average molecular weight is 375 g/mol. The van der Waals surface area contributed by atoms with E-state index >= 15 is 0 Å². The molecule has 136 valence electrons. The van der Waals surface area contributed by atoms with Gasteiger partial charge in [-0.15, -0.1) is 11.3 Å². The first kappa shape index (κ1) is 17.5. The summed E-state index contributed by atoms with van der Waals surface area (Å²) in [7, 11) is 4.08. The fourth-order valence-corrected chi connectivity index (χ4v) is 4.20. The van der Waals surface area contributed by atoms with E-state index in [1.807, 2.05) is 14.1 Å². The molecule has 0 atom stereocenters. The van der Waals surface area contributed by atoms with Crippen LogP contribution in [0, 0.1) is 13.8 Å². The second kappa shape index (κ2) is 7.00. The van der Waals surface area contributed by atoms with Crippen molar-refractivity contribution in [3.8, 4) is 11.1 Å². The fraction of sp³-hybridized carbons (Fsp3) is 0.182. The van der Waals surface area contributed by atoms with Gasteiger partial charge in [0.15, 0.2) is 0 Å². The SMILES string of the molecule is Cc1ccc(-c2c(C)sc3ncnc(Nc4ccc(N(C)C)cc4)c23)cc1. The molecule has 4 nitrogen and oxygen atoms in total. The van der Waals surface area contributed by atoms with Crippen LogP contribution in [0.3, 0.4) is 0 Å². The molecule has 0 saturated heterocycles. The third kappa shape index (κ3) is 3.38. The van der Waals surface area contributed by atoms with Crippen molar-refractivity contribution in [3.05, 3.63) is 65.3 Å². The van der Waals surface area contributed by atoms with Crippen molar-refractivity contribution < 1.29 is 0 Å². The molecular weight excluding hydrogens is 352 g/mol. The van der Waals surface area contributed by atoms with E-state index in [1.165, 1.54) is 27.3 Å². The highest BCUT2D eigenvalue weighted by Crippen LogP contribution is 2.41. The van der Waals surface area contributed by atoms with Gasteiger partial charge >= 0.3 is 0 Å². The Hall–Kier alpha value is -2.92. The summed E-state index contributed by atoms with van der Waals surface area (Å²) in [6.07, 6.45) is 1.63. The third-order valence-electron chi connectivity index (χ3n) is 4.65. The maximum absolute atomic E-state index is 4.55. The Kier molecular flexibility index (Phi) is 4.54. The number of hydrogen-bond donors (Lipinski definition) is 1. The molecule has 0 amide bonds. The lowest BCUT2D eigenvalue weighted by Gasteiger charge is -2.14. The minimum atomic E-state index is 0.845. The first-order valence-corrected chi connectivity index (χ1v) is 9.70. The Morgan fingerprint density at radius 1 is 0.889 bits per heavy atom. The van der Waals surface area contributed by atoms with Gasteiger partial charge in [-0.2, -0.15) is 0 Å². The van der Waals surface area contributed by atoms with E-state index < -0.39 is 0 Å². The van der Waals surface area contributed by atoms with Crippen molar-refractivity contribution >= 4 is 38.7 Å². The normalized spacial score (nSPS) is 11.0. The van der Waals surface area contributed by atoms with E-state index in [0.29, 0.717) is 0 Å². The maximum atomic E-state index is 4.55. The number of nitrogens with one attached hydrogen (secondary N) is 1. The molecule has 0 unspecified atom stereocenters. The lowest BCUT2D eigenvalue weighted by molar-refractivity contribution is 1.13. The topological polar surface area (TPSA) is 41.1 Å². The molecule has 0 fully saturated rings. The van der Waals surface area contributed by atoms with E-state index in [2.05, 4.69) is 82.6 Å². The number of nitrogens with zero attached hydrogens (tertiary/aromatic N) is 3. The third-order valence-corrected chi connectivity index (χ3v) is 5.66. The first-order chi connectivity index (χ1) is 13.0. The zero-order valence-corrected chi connectivity index (χ0v) is 16.8. The Bertz CT molecular complexity index is 1080. The van der Waals surface area contributed by atoms with E-state index in [-0.39, 0.29) is 0 Å². The number of thiophene rings is 1. The summed E-state index contributed by atoms with van der Waals surface area (Å²) in [6, 6.07) is 17.0. The molecule has 0 aliphatic carbocycles. The van der Waals surface area contributed by atoms with Crippen LogP contribution in [0.15, 0.2) is 54.9 Å². The van der Waals surface area contributed by atoms with Crippen molar-refractivity contribution in [1.29, 1.82) is 0 Å². The first-order valence-electron chi connectivity index (χ1n) is 8.88. The summed E-state index contributed by atoms with van der Waals surface area (Å²) in [5.41, 5.74) is 5.85. The van der Waals surface area contributed by atoms with Gasteiger partial charge in [0, 0.05) is 35.9 Å². The quantitative estimate of drug-likeness (QED) is 0.491. The molecule has 4 rings (SSSR count). The molecule has 27 heavy (non-hydrogen) atoms. The largest absolute Gasteiger partial charge is 0.378 e. The second-order valence-corrected chi connectivity index (χ2v) is 8.07. The zero-order valence-electron chi connectivity index (χ0n) is 15.9. The molecule has 4 aromatic rings. The molecule has 5 heteroatoms. The number of benzene rings is 2. The molecule has 0 spiro atoms. The van der Waals surface area contributed by atoms with Crippen LogP contribution < -0.4 is 10.2 Å². The second-order valence-electron chi connectivity index (χ2n) is 6.87. The van der Waals surface area contributed by atoms with Crippen molar-refractivity contribution in [2.24, 2.45) is 0 Å². The molecule has 0 bridgehead atoms. The average Bonchev–Trinajstić information content (AvgIpc) is 3.00. The fourth-order valence-electron chi connectivity index (χ4n) is 3.19. The van der Waals surface area contributed by atoms with Crippen molar-refractivity contribution in [2.45, 2.75) is 13.8 Å². The Morgan fingerprint density at radius 2 is 1.59 bits per heavy atom. The van der Waals surface area contributed by atoms with E-state index in [4.69, 9.17) is 0 Å². The Labute approximate surface area is 163 Å². The smallest absolute Gasteiger partial charge is 0.143 e. The molecule has 0 aliphatic heterocycles. The summed E-state index contributed by atoms with van der Waals surface area (Å²) < 4.78 is 0. The maximum Gasteiger partial charge on any atom is 0.143 e. The number of aryl methyl sites for hydroxylation is 2. The molecule has 1 N–H and O–H groups in total. The standard InChI is InChI=1S/C22H22N4S/c1-14-5-7-16(8-6-14)19-15(2)27-22-20(19)21(23-13-24-22)25-17-9-11-18(12-10-17)26(3)4/h5-13H,1-4H3,(H,23,24,25). The van der Waals surface area contributed by atoms with Crippen molar-refractivity contribution in [3.63, 3.8) is 0 Å². The van der Waals surface area contributed by atoms with E-state index in [1.54, 1.807) is 17.7 Å². The van der Waals surface area contributed by atoms with Crippen LogP contribution in [0.5, 0.6) is 0 Å². The molecular formula is C22H22N4S. The lowest BCUT2D eigenvalue weighted by Crippen LogP contribution is -2.08. The van der Waals surface area contributed by atoms with Gasteiger partial charge in [-0.1, -0.05) is 29.8 Å². The van der Waals surface area contributed by atoms with Gasteiger partial charge in [-0.25, -0.2) is 9.97 Å². The number of hydrogen-bond acceptors (Lipinski definition) is 5. The number of fused-ring (bicyclic) bond motifs is 1. The van der Waals surface area contributed by atoms with Gasteiger partial charge in [-0.3, -0.25) is 0 Å². The van der Waals surface area contributed by atoms with Gasteiger partial charge in [0.25, 0.3) is 0 Å². The van der Waals surface area contributed by atoms with Crippen molar-refractivity contribution in [1.82, 2.24) is 9.97 Å². The summed E-state index contributed by atoms with van der Waals surface area (Å²) in [5, 5.41) is 4.57. The monoisotopic (exact) mass is 374 g/mol. The van der Waals surface area contributed by atoms with Crippen LogP contribution in [0.2, 0.25) is 0 Å². The Balaban J connectivity index is 1.80. The highest BCUT2D eigenvalue weighted by molar-refractivity contribution is 7.19. The summed E-state index contributed by atoms with van der Waals surface area (Å²) >= 11 is 1.71. The summed E-state index contributed by atoms with van der Waals surface area (Å²) in [5.74, 6) is 0.845. The number of rotatable bonds is 4. The van der Waals surface area contributed by atoms with Crippen LogP contribution >= 0.6 is 11.3 Å². The minimum absolute atomic E-state index is 0.845. The molecule has 0 saturated carbocycles. The molecule has 0 aliphatic rings. The summed E-state index contributed by atoms with van der Waals surface area (Å²) in [6.45, 7) is 4.26. The predicted molar refractivity (Wildman–Crippen MR) is 116 cm³/mol.